The molecule has 108 valence electrons. The van der Waals surface area contributed by atoms with E-state index in [2.05, 4.69) is 5.32 Å². The lowest BCUT2D eigenvalue weighted by Crippen LogP contribution is -2.18. The van der Waals surface area contributed by atoms with Gasteiger partial charge in [0, 0.05) is 10.3 Å². The molecule has 0 amide bonds. The molecule has 0 saturated heterocycles. The Morgan fingerprint density at radius 2 is 1.70 bits per heavy atom. The first-order valence-electron chi connectivity index (χ1n) is 6.25. The number of thiophene rings is 1. The van der Waals surface area contributed by atoms with Crippen LogP contribution in [-0.4, -0.2) is 28.4 Å². The quantitative estimate of drug-likeness (QED) is 0.888. The third kappa shape index (κ3) is 2.73. The Bertz CT molecular complexity index is 546. The molecule has 1 atom stereocenters. The molecule has 0 spiro atoms. The van der Waals surface area contributed by atoms with Crippen LogP contribution in [0.5, 0.6) is 17.2 Å². The van der Waals surface area contributed by atoms with E-state index in [1.807, 2.05) is 36.7 Å². The fourth-order valence-corrected chi connectivity index (χ4v) is 3.16. The summed E-state index contributed by atoms with van der Waals surface area (Å²) in [6, 6.07) is 7.82. The van der Waals surface area contributed by atoms with E-state index in [-0.39, 0.29) is 6.04 Å². The molecule has 0 radical (unpaired) electrons. The Balaban J connectivity index is 2.50. The van der Waals surface area contributed by atoms with Crippen LogP contribution in [0.1, 0.15) is 16.5 Å². The lowest BCUT2D eigenvalue weighted by molar-refractivity contribution is 0.379. The van der Waals surface area contributed by atoms with Gasteiger partial charge < -0.3 is 19.5 Å². The Morgan fingerprint density at radius 1 is 1.05 bits per heavy atom. The van der Waals surface area contributed by atoms with Crippen LogP contribution < -0.4 is 19.5 Å². The summed E-state index contributed by atoms with van der Waals surface area (Å²) in [6.45, 7) is 0. The highest BCUT2D eigenvalue weighted by Gasteiger charge is 2.22. The van der Waals surface area contributed by atoms with Crippen molar-refractivity contribution in [1.29, 1.82) is 0 Å². The molecule has 5 heteroatoms. The fraction of sp³-hybridized carbons (Fsp3) is 0.333. The highest BCUT2D eigenvalue weighted by Crippen LogP contribution is 2.40. The van der Waals surface area contributed by atoms with Crippen LogP contribution in [0.25, 0.3) is 0 Å². The zero-order valence-corrected chi connectivity index (χ0v) is 12.9. The van der Waals surface area contributed by atoms with E-state index < -0.39 is 0 Å². The minimum Gasteiger partial charge on any atom is -0.496 e. The normalized spacial score (nSPS) is 12.0. The van der Waals surface area contributed by atoms with Crippen LogP contribution in [0.3, 0.4) is 0 Å². The summed E-state index contributed by atoms with van der Waals surface area (Å²) in [4.78, 5) is 1.15. The zero-order chi connectivity index (χ0) is 14.5. The van der Waals surface area contributed by atoms with Crippen molar-refractivity contribution >= 4 is 11.3 Å². The minimum absolute atomic E-state index is 0.00463. The molecule has 0 aliphatic carbocycles. The van der Waals surface area contributed by atoms with E-state index in [1.54, 1.807) is 32.7 Å². The van der Waals surface area contributed by atoms with Gasteiger partial charge in [-0.3, -0.25) is 0 Å². The average Bonchev–Trinajstić information content (AvgIpc) is 2.97. The van der Waals surface area contributed by atoms with Crippen LogP contribution in [0.15, 0.2) is 29.6 Å². The van der Waals surface area contributed by atoms with Gasteiger partial charge in [-0.1, -0.05) is 6.07 Å². The van der Waals surface area contributed by atoms with Gasteiger partial charge in [-0.05, 0) is 25.2 Å². The third-order valence-electron chi connectivity index (χ3n) is 3.16. The van der Waals surface area contributed by atoms with Crippen molar-refractivity contribution in [2.45, 2.75) is 6.04 Å². The second kappa shape index (κ2) is 6.63. The molecule has 1 N–H and O–H groups in total. The monoisotopic (exact) mass is 293 g/mol. The van der Waals surface area contributed by atoms with Gasteiger partial charge in [-0.2, -0.15) is 0 Å². The number of hydrogen-bond acceptors (Lipinski definition) is 5. The number of nitrogens with one attached hydrogen (secondary N) is 1. The minimum atomic E-state index is -0.00463. The van der Waals surface area contributed by atoms with E-state index in [1.165, 1.54) is 0 Å². The number of methoxy groups -OCH3 is 3. The Labute approximate surface area is 123 Å². The molecule has 0 aliphatic rings. The van der Waals surface area contributed by atoms with Gasteiger partial charge in [0.25, 0.3) is 0 Å². The van der Waals surface area contributed by atoms with Crippen molar-refractivity contribution in [2.75, 3.05) is 28.4 Å². The van der Waals surface area contributed by atoms with Gasteiger partial charge in [-0.25, -0.2) is 0 Å². The topological polar surface area (TPSA) is 39.7 Å². The largest absolute Gasteiger partial charge is 0.496 e. The predicted molar refractivity (Wildman–Crippen MR) is 81.3 cm³/mol. The smallest absolute Gasteiger partial charge is 0.129 e. The molecule has 20 heavy (non-hydrogen) atoms. The van der Waals surface area contributed by atoms with Crippen molar-refractivity contribution in [3.05, 3.63) is 40.1 Å². The van der Waals surface area contributed by atoms with Gasteiger partial charge in [0.2, 0.25) is 0 Å². The summed E-state index contributed by atoms with van der Waals surface area (Å²) in [5.41, 5.74) is 0.990. The SMILES string of the molecule is CNC(c1cc(OC)cs1)c1c(OC)cccc1OC. The summed E-state index contributed by atoms with van der Waals surface area (Å²) in [5.74, 6) is 2.46. The lowest BCUT2D eigenvalue weighted by atomic mass is 10.0. The third-order valence-corrected chi connectivity index (χ3v) is 4.14. The maximum Gasteiger partial charge on any atom is 0.129 e. The molecule has 2 rings (SSSR count). The van der Waals surface area contributed by atoms with Crippen molar-refractivity contribution in [3.8, 4) is 17.2 Å². The zero-order valence-electron chi connectivity index (χ0n) is 12.1. The highest BCUT2D eigenvalue weighted by atomic mass is 32.1. The molecular weight excluding hydrogens is 274 g/mol. The van der Waals surface area contributed by atoms with E-state index in [0.717, 1.165) is 27.7 Å². The molecule has 2 aromatic rings. The van der Waals surface area contributed by atoms with E-state index in [4.69, 9.17) is 14.2 Å². The lowest BCUT2D eigenvalue weighted by Gasteiger charge is -2.20. The first kappa shape index (κ1) is 14.7. The second-order valence-electron chi connectivity index (χ2n) is 4.19. The molecular formula is C15H19NO3S. The van der Waals surface area contributed by atoms with Crippen LogP contribution in [0, 0.1) is 0 Å². The Kier molecular flexibility index (Phi) is 4.87. The molecule has 1 heterocycles. The first-order chi connectivity index (χ1) is 9.74. The predicted octanol–water partition coefficient (Wildman–Crippen LogP) is 3.08. The molecule has 4 nitrogen and oxygen atoms in total. The molecule has 1 unspecified atom stereocenters. The van der Waals surface area contributed by atoms with Crippen molar-refractivity contribution in [3.63, 3.8) is 0 Å². The summed E-state index contributed by atoms with van der Waals surface area (Å²) in [5, 5.41) is 5.30. The van der Waals surface area contributed by atoms with Gasteiger partial charge in [0.1, 0.15) is 17.2 Å². The Hall–Kier alpha value is -1.72. The van der Waals surface area contributed by atoms with Gasteiger partial charge in [0.05, 0.1) is 32.9 Å². The fourth-order valence-electron chi connectivity index (χ4n) is 2.19. The van der Waals surface area contributed by atoms with E-state index in [0.29, 0.717) is 0 Å². The van der Waals surface area contributed by atoms with Crippen molar-refractivity contribution in [1.82, 2.24) is 5.32 Å². The van der Waals surface area contributed by atoms with Gasteiger partial charge in [0.15, 0.2) is 0 Å². The maximum atomic E-state index is 5.48. The average molecular weight is 293 g/mol. The maximum absolute atomic E-state index is 5.48. The number of rotatable bonds is 6. The molecule has 0 aliphatic heterocycles. The summed E-state index contributed by atoms with van der Waals surface area (Å²) in [7, 11) is 6.92. The summed E-state index contributed by atoms with van der Waals surface area (Å²) in [6.07, 6.45) is 0. The number of hydrogen-bond donors (Lipinski definition) is 1. The van der Waals surface area contributed by atoms with Gasteiger partial charge >= 0.3 is 0 Å². The number of benzene rings is 1. The van der Waals surface area contributed by atoms with E-state index in [9.17, 15) is 0 Å². The van der Waals surface area contributed by atoms with Crippen LogP contribution >= 0.6 is 11.3 Å². The highest BCUT2D eigenvalue weighted by molar-refractivity contribution is 7.10. The molecule has 0 saturated carbocycles. The summed E-state index contributed by atoms with van der Waals surface area (Å²) >= 11 is 1.64. The first-order valence-corrected chi connectivity index (χ1v) is 7.13. The second-order valence-corrected chi connectivity index (χ2v) is 5.13. The number of ether oxygens (including phenoxy) is 3. The van der Waals surface area contributed by atoms with Crippen molar-refractivity contribution in [2.24, 2.45) is 0 Å². The molecule has 1 aromatic heterocycles. The van der Waals surface area contributed by atoms with Crippen molar-refractivity contribution < 1.29 is 14.2 Å². The molecule has 1 aromatic carbocycles. The van der Waals surface area contributed by atoms with Gasteiger partial charge in [-0.15, -0.1) is 11.3 Å². The van der Waals surface area contributed by atoms with Crippen LogP contribution in [-0.2, 0) is 0 Å². The van der Waals surface area contributed by atoms with Crippen LogP contribution in [0.2, 0.25) is 0 Å². The summed E-state index contributed by atoms with van der Waals surface area (Å²) < 4.78 is 16.2. The van der Waals surface area contributed by atoms with Crippen LogP contribution in [0.4, 0.5) is 0 Å². The van der Waals surface area contributed by atoms with E-state index >= 15 is 0 Å². The standard InChI is InChI=1S/C15H19NO3S/c1-16-15(13-8-10(17-2)9-20-13)14-11(18-3)6-5-7-12(14)19-4/h5-9,15-16H,1-4H3. The molecule has 0 bridgehead atoms. The molecule has 0 fully saturated rings. The Morgan fingerprint density at radius 3 is 2.15 bits per heavy atom.